The van der Waals surface area contributed by atoms with Crippen molar-refractivity contribution in [2.24, 2.45) is 5.92 Å². The van der Waals surface area contributed by atoms with Crippen molar-refractivity contribution in [1.29, 1.82) is 0 Å². The molecule has 0 radical (unpaired) electrons. The van der Waals surface area contributed by atoms with Gasteiger partial charge in [-0.25, -0.2) is 4.79 Å². The number of Topliss-reactive ketones (excluding diaryl/α,β-unsaturated/α-hetero) is 1. The first-order chi connectivity index (χ1) is 18.7. The first-order valence-electron chi connectivity index (χ1n) is 13.1. The number of rotatable bonds is 9. The molecule has 0 saturated heterocycles. The fourth-order valence-corrected chi connectivity index (χ4v) is 5.34. The second kappa shape index (κ2) is 11.8. The number of esters is 1. The normalized spacial score (nSPS) is 18.9. The fraction of sp³-hybridized carbons (Fsp3) is 0.419. The number of ether oxygens (including phenoxy) is 5. The van der Waals surface area contributed by atoms with E-state index in [9.17, 15) is 9.59 Å². The molecule has 0 spiro atoms. The summed E-state index contributed by atoms with van der Waals surface area (Å²) in [5, 5.41) is 3.39. The van der Waals surface area contributed by atoms with Gasteiger partial charge in [-0.1, -0.05) is 26.0 Å². The number of allylic oxidation sites excluding steroid dienone is 3. The third kappa shape index (κ3) is 5.60. The number of carbonyl (C=O) groups is 2. The fourth-order valence-electron chi connectivity index (χ4n) is 5.34. The molecule has 2 aromatic carbocycles. The average molecular weight is 536 g/mol. The summed E-state index contributed by atoms with van der Waals surface area (Å²) in [6.45, 7) is 6.10. The molecule has 8 heteroatoms. The second-order valence-electron chi connectivity index (χ2n) is 10.2. The van der Waals surface area contributed by atoms with E-state index in [1.54, 1.807) is 34.5 Å². The van der Waals surface area contributed by atoms with Crippen LogP contribution in [-0.2, 0) is 14.3 Å². The van der Waals surface area contributed by atoms with E-state index >= 15 is 0 Å². The number of nitrogens with one attached hydrogen (secondary N) is 1. The molecule has 4 rings (SSSR count). The van der Waals surface area contributed by atoms with Crippen LogP contribution in [0.5, 0.6) is 23.0 Å². The highest BCUT2D eigenvalue weighted by molar-refractivity contribution is 6.04. The molecule has 0 aromatic heterocycles. The number of methoxy groups -OCH3 is 4. The summed E-state index contributed by atoms with van der Waals surface area (Å²) in [6.07, 6.45) is 0.884. The van der Waals surface area contributed by atoms with Crippen LogP contribution >= 0.6 is 0 Å². The quantitative estimate of drug-likeness (QED) is 0.434. The lowest BCUT2D eigenvalue weighted by Crippen LogP contribution is -2.36. The van der Waals surface area contributed by atoms with Crippen LogP contribution in [0.4, 0.5) is 0 Å². The zero-order valence-corrected chi connectivity index (χ0v) is 23.7. The van der Waals surface area contributed by atoms with Gasteiger partial charge in [0.25, 0.3) is 0 Å². The molecule has 1 heterocycles. The van der Waals surface area contributed by atoms with Crippen molar-refractivity contribution in [3.8, 4) is 23.0 Å². The molecule has 0 amide bonds. The first-order valence-corrected chi connectivity index (χ1v) is 13.1. The molecule has 8 nitrogen and oxygen atoms in total. The molecule has 2 aliphatic rings. The summed E-state index contributed by atoms with van der Waals surface area (Å²) < 4.78 is 27.7. The molecule has 0 fully saturated rings. The molecular weight excluding hydrogens is 498 g/mol. The van der Waals surface area contributed by atoms with Gasteiger partial charge in [0.15, 0.2) is 17.3 Å². The number of hydrogen-bond acceptors (Lipinski definition) is 8. The first kappa shape index (κ1) is 28.1. The molecular formula is C31H37NO7. The lowest BCUT2D eigenvalue weighted by atomic mass is 9.71. The van der Waals surface area contributed by atoms with Crippen LogP contribution in [0.25, 0.3) is 0 Å². The summed E-state index contributed by atoms with van der Waals surface area (Å²) in [4.78, 5) is 27.4. The maximum atomic E-state index is 13.9. The van der Waals surface area contributed by atoms with Crippen molar-refractivity contribution in [1.82, 2.24) is 5.32 Å². The van der Waals surface area contributed by atoms with Crippen molar-refractivity contribution in [2.45, 2.75) is 45.4 Å². The average Bonchev–Trinajstić information content (AvgIpc) is 2.94. The number of dihydropyridines is 1. The Morgan fingerprint density at radius 2 is 1.64 bits per heavy atom. The van der Waals surface area contributed by atoms with E-state index in [-0.39, 0.29) is 24.2 Å². The minimum Gasteiger partial charge on any atom is -0.497 e. The van der Waals surface area contributed by atoms with Gasteiger partial charge in [0.05, 0.1) is 46.5 Å². The highest BCUT2D eigenvalue weighted by atomic mass is 16.5. The van der Waals surface area contributed by atoms with Crippen LogP contribution in [0, 0.1) is 5.92 Å². The highest BCUT2D eigenvalue weighted by Gasteiger charge is 2.42. The molecule has 0 saturated carbocycles. The molecule has 208 valence electrons. The van der Waals surface area contributed by atoms with E-state index in [1.807, 2.05) is 51.1 Å². The van der Waals surface area contributed by atoms with Crippen LogP contribution in [-0.4, -0.2) is 46.8 Å². The molecule has 2 unspecified atom stereocenters. The predicted octanol–water partition coefficient (Wildman–Crippen LogP) is 5.28. The summed E-state index contributed by atoms with van der Waals surface area (Å²) in [5.41, 5.74) is 4.13. The van der Waals surface area contributed by atoms with Gasteiger partial charge in [0.2, 0.25) is 0 Å². The number of carbonyl (C=O) groups excluding carboxylic acids is 2. The Hall–Kier alpha value is -3.94. The minimum atomic E-state index is -0.638. The zero-order valence-electron chi connectivity index (χ0n) is 23.7. The Morgan fingerprint density at radius 3 is 2.28 bits per heavy atom. The molecule has 0 bridgehead atoms. The molecule has 1 aliphatic heterocycles. The smallest absolute Gasteiger partial charge is 0.336 e. The Balaban J connectivity index is 1.81. The lowest BCUT2D eigenvalue weighted by Gasteiger charge is -2.37. The van der Waals surface area contributed by atoms with E-state index in [0.29, 0.717) is 58.2 Å². The summed E-state index contributed by atoms with van der Waals surface area (Å²) >= 11 is 0. The van der Waals surface area contributed by atoms with Gasteiger partial charge < -0.3 is 29.0 Å². The molecule has 2 atom stereocenters. The maximum absolute atomic E-state index is 13.9. The molecule has 2 aromatic rings. The van der Waals surface area contributed by atoms with Crippen LogP contribution < -0.4 is 24.3 Å². The molecule has 39 heavy (non-hydrogen) atoms. The van der Waals surface area contributed by atoms with Crippen molar-refractivity contribution >= 4 is 11.8 Å². The minimum absolute atomic E-state index is 0.0342. The van der Waals surface area contributed by atoms with E-state index < -0.39 is 11.9 Å². The largest absolute Gasteiger partial charge is 0.497 e. The Labute approximate surface area is 229 Å². The van der Waals surface area contributed by atoms with Gasteiger partial charge in [0, 0.05) is 35.0 Å². The molecule has 1 N–H and O–H groups in total. The van der Waals surface area contributed by atoms with Gasteiger partial charge in [0.1, 0.15) is 11.5 Å². The van der Waals surface area contributed by atoms with Crippen molar-refractivity contribution in [3.63, 3.8) is 0 Å². The van der Waals surface area contributed by atoms with Gasteiger partial charge >= 0.3 is 5.97 Å². The van der Waals surface area contributed by atoms with Crippen molar-refractivity contribution < 1.29 is 33.3 Å². The van der Waals surface area contributed by atoms with Gasteiger partial charge in [-0.15, -0.1) is 0 Å². The van der Waals surface area contributed by atoms with E-state index in [2.05, 4.69) is 5.32 Å². The number of benzene rings is 2. The Bertz CT molecular complexity index is 1320. The topological polar surface area (TPSA) is 92.3 Å². The van der Waals surface area contributed by atoms with Crippen LogP contribution in [0.1, 0.15) is 56.6 Å². The van der Waals surface area contributed by atoms with E-state index in [0.717, 1.165) is 11.3 Å². The van der Waals surface area contributed by atoms with Crippen LogP contribution in [0.15, 0.2) is 58.9 Å². The monoisotopic (exact) mass is 535 g/mol. The second-order valence-corrected chi connectivity index (χ2v) is 10.2. The zero-order chi connectivity index (χ0) is 28.3. The Morgan fingerprint density at radius 1 is 0.923 bits per heavy atom. The summed E-state index contributed by atoms with van der Waals surface area (Å²) in [6, 6.07) is 11.2. The van der Waals surface area contributed by atoms with Crippen molar-refractivity contribution in [3.05, 3.63) is 70.1 Å². The SMILES string of the molecule is COc1ccc(C2C(C(=O)OCC(C)C)=C(C)NC3=C2C(=O)CC(c2ccc(OC)c(OC)c2)C3)c(OC)c1. The third-order valence-electron chi connectivity index (χ3n) is 7.23. The van der Waals surface area contributed by atoms with E-state index in [1.165, 1.54) is 0 Å². The number of ketones is 1. The summed E-state index contributed by atoms with van der Waals surface area (Å²) in [5.74, 6) is 1.39. The predicted molar refractivity (Wildman–Crippen MR) is 147 cm³/mol. The Kier molecular flexibility index (Phi) is 8.53. The van der Waals surface area contributed by atoms with Gasteiger partial charge in [-0.2, -0.15) is 0 Å². The summed E-state index contributed by atoms with van der Waals surface area (Å²) in [7, 11) is 6.34. The van der Waals surface area contributed by atoms with Crippen molar-refractivity contribution in [2.75, 3.05) is 35.0 Å². The molecule has 1 aliphatic carbocycles. The van der Waals surface area contributed by atoms with Crippen LogP contribution in [0.2, 0.25) is 0 Å². The third-order valence-corrected chi connectivity index (χ3v) is 7.23. The van der Waals surface area contributed by atoms with Crippen LogP contribution in [0.3, 0.4) is 0 Å². The standard InChI is InChI=1S/C31H37NO7/c1-17(2)16-39-31(34)28-18(3)32-23-12-20(19-8-11-25(36-5)27(14-19)38-7)13-24(33)30(23)29(28)22-10-9-21(35-4)15-26(22)37-6/h8-11,14-15,17,20,29,32H,12-13,16H2,1-7H3. The van der Waals surface area contributed by atoms with Gasteiger partial charge in [-0.05, 0) is 48.9 Å². The van der Waals surface area contributed by atoms with Gasteiger partial charge in [-0.3, -0.25) is 4.79 Å². The lowest BCUT2D eigenvalue weighted by molar-refractivity contribution is -0.140. The maximum Gasteiger partial charge on any atom is 0.336 e. The number of hydrogen-bond donors (Lipinski definition) is 1. The van der Waals surface area contributed by atoms with E-state index in [4.69, 9.17) is 23.7 Å². The highest BCUT2D eigenvalue weighted by Crippen LogP contribution is 2.48.